The quantitative estimate of drug-likeness (QED) is 0.774. The molecule has 1 aliphatic heterocycles. The van der Waals surface area contributed by atoms with Gasteiger partial charge in [-0.1, -0.05) is 6.07 Å². The van der Waals surface area contributed by atoms with Crippen LogP contribution in [0.2, 0.25) is 0 Å². The molecule has 0 bridgehead atoms. The molecule has 6 heteroatoms. The summed E-state index contributed by atoms with van der Waals surface area (Å²) >= 11 is 0. The Morgan fingerprint density at radius 1 is 1.15 bits per heavy atom. The van der Waals surface area contributed by atoms with E-state index < -0.39 is 0 Å². The molecule has 0 saturated heterocycles. The second-order valence-electron chi connectivity index (χ2n) is 6.46. The Hall–Kier alpha value is -2.76. The van der Waals surface area contributed by atoms with Crippen LogP contribution < -0.4 is 19.7 Å². The minimum absolute atomic E-state index is 0.0823. The molecule has 26 heavy (non-hydrogen) atoms. The van der Waals surface area contributed by atoms with Crippen LogP contribution in [0.4, 0.5) is 5.82 Å². The Morgan fingerprint density at radius 3 is 2.77 bits per heavy atom. The molecule has 0 atom stereocenters. The number of carbonyl (C=O) groups is 1. The van der Waals surface area contributed by atoms with E-state index in [0.29, 0.717) is 31.1 Å². The number of hydrogen-bond donors (Lipinski definition) is 1. The highest BCUT2D eigenvalue weighted by Gasteiger charge is 2.13. The Balaban J connectivity index is 1.44. The monoisotopic (exact) mass is 355 g/mol. The van der Waals surface area contributed by atoms with Gasteiger partial charge in [0.1, 0.15) is 19.0 Å². The van der Waals surface area contributed by atoms with Gasteiger partial charge in [-0.3, -0.25) is 4.79 Å². The van der Waals surface area contributed by atoms with Gasteiger partial charge in [0.2, 0.25) is 0 Å². The topological polar surface area (TPSA) is 63.7 Å². The van der Waals surface area contributed by atoms with Crippen molar-refractivity contribution in [3.63, 3.8) is 0 Å². The lowest BCUT2D eigenvalue weighted by Crippen LogP contribution is -2.27. The van der Waals surface area contributed by atoms with Crippen LogP contribution in [0, 0.1) is 0 Å². The standard InChI is InChI=1S/C20H25N3O3/c1-23(2)19-16(7-5-11-21-19)20(24)22-10-4-3-6-15-8-9-17-18(14-15)26-13-12-25-17/h5,7-9,11,14H,3-4,6,10,12-13H2,1-2H3,(H,22,24). The molecule has 0 fully saturated rings. The molecule has 2 heterocycles. The Kier molecular flexibility index (Phi) is 5.94. The number of anilines is 1. The number of amides is 1. The SMILES string of the molecule is CN(C)c1ncccc1C(=O)NCCCCc1ccc2c(c1)OCCO2. The van der Waals surface area contributed by atoms with Crippen LogP contribution in [0.5, 0.6) is 11.5 Å². The number of hydrogen-bond acceptors (Lipinski definition) is 5. The van der Waals surface area contributed by atoms with Crippen LogP contribution in [-0.4, -0.2) is 44.7 Å². The van der Waals surface area contributed by atoms with Gasteiger partial charge >= 0.3 is 0 Å². The maximum atomic E-state index is 12.4. The summed E-state index contributed by atoms with van der Waals surface area (Å²) in [7, 11) is 3.76. The number of fused-ring (bicyclic) bond motifs is 1. The van der Waals surface area contributed by atoms with Gasteiger partial charge in [0.15, 0.2) is 11.5 Å². The predicted molar refractivity (Wildman–Crippen MR) is 101 cm³/mol. The summed E-state index contributed by atoms with van der Waals surface area (Å²) in [5, 5.41) is 2.98. The number of ether oxygens (including phenoxy) is 2. The van der Waals surface area contributed by atoms with E-state index in [4.69, 9.17) is 9.47 Å². The minimum Gasteiger partial charge on any atom is -0.486 e. The van der Waals surface area contributed by atoms with E-state index in [0.717, 1.165) is 30.8 Å². The lowest BCUT2D eigenvalue weighted by atomic mass is 10.1. The molecular weight excluding hydrogens is 330 g/mol. The van der Waals surface area contributed by atoms with Crippen molar-refractivity contribution >= 4 is 11.7 Å². The fourth-order valence-electron chi connectivity index (χ4n) is 2.93. The molecule has 0 unspecified atom stereocenters. The summed E-state index contributed by atoms with van der Waals surface area (Å²) in [4.78, 5) is 18.5. The lowest BCUT2D eigenvalue weighted by Gasteiger charge is -2.18. The molecular formula is C20H25N3O3. The summed E-state index contributed by atoms with van der Waals surface area (Å²) in [6.45, 7) is 1.86. The maximum Gasteiger partial charge on any atom is 0.255 e. The van der Waals surface area contributed by atoms with E-state index >= 15 is 0 Å². The number of pyridine rings is 1. The largest absolute Gasteiger partial charge is 0.486 e. The summed E-state index contributed by atoms with van der Waals surface area (Å²) in [5.74, 6) is 2.25. The summed E-state index contributed by atoms with van der Waals surface area (Å²) in [6.07, 6.45) is 4.55. The van der Waals surface area contributed by atoms with Crippen molar-refractivity contribution in [1.29, 1.82) is 0 Å². The third-order valence-corrected chi connectivity index (χ3v) is 4.24. The fourth-order valence-corrected chi connectivity index (χ4v) is 2.93. The highest BCUT2D eigenvalue weighted by Crippen LogP contribution is 2.31. The Labute approximate surface area is 154 Å². The second kappa shape index (κ2) is 8.56. The molecule has 6 nitrogen and oxygen atoms in total. The van der Waals surface area contributed by atoms with Crippen molar-refractivity contribution in [2.75, 3.05) is 38.8 Å². The van der Waals surface area contributed by atoms with E-state index in [-0.39, 0.29) is 5.91 Å². The average Bonchev–Trinajstić information content (AvgIpc) is 2.67. The number of benzene rings is 1. The molecule has 1 N–H and O–H groups in total. The molecule has 0 saturated carbocycles. The van der Waals surface area contributed by atoms with Gasteiger partial charge in [-0.05, 0) is 49.1 Å². The first-order chi connectivity index (χ1) is 12.6. The van der Waals surface area contributed by atoms with Gasteiger partial charge in [-0.25, -0.2) is 4.98 Å². The normalized spacial score (nSPS) is 12.5. The number of unbranched alkanes of at least 4 members (excludes halogenated alkanes) is 1. The predicted octanol–water partition coefficient (Wildman–Crippen LogP) is 2.67. The number of aryl methyl sites for hydroxylation is 1. The van der Waals surface area contributed by atoms with Crippen LogP contribution in [0.25, 0.3) is 0 Å². The summed E-state index contributed by atoms with van der Waals surface area (Å²) in [5.41, 5.74) is 1.83. The van der Waals surface area contributed by atoms with Crippen molar-refractivity contribution in [2.45, 2.75) is 19.3 Å². The van der Waals surface area contributed by atoms with E-state index in [1.165, 1.54) is 5.56 Å². The van der Waals surface area contributed by atoms with E-state index in [9.17, 15) is 4.79 Å². The number of carbonyl (C=O) groups excluding carboxylic acids is 1. The average molecular weight is 355 g/mol. The highest BCUT2D eigenvalue weighted by atomic mass is 16.6. The molecule has 0 radical (unpaired) electrons. The smallest absolute Gasteiger partial charge is 0.255 e. The molecule has 0 aliphatic carbocycles. The molecule has 1 aliphatic rings. The third kappa shape index (κ3) is 4.45. The van der Waals surface area contributed by atoms with Crippen molar-refractivity contribution in [1.82, 2.24) is 10.3 Å². The summed E-state index contributed by atoms with van der Waals surface area (Å²) in [6, 6.07) is 9.67. The van der Waals surface area contributed by atoms with Crippen LogP contribution in [0.3, 0.4) is 0 Å². The van der Waals surface area contributed by atoms with E-state index in [2.05, 4.69) is 16.4 Å². The van der Waals surface area contributed by atoms with Gasteiger partial charge < -0.3 is 19.7 Å². The first-order valence-corrected chi connectivity index (χ1v) is 8.94. The van der Waals surface area contributed by atoms with E-state index in [1.54, 1.807) is 18.3 Å². The second-order valence-corrected chi connectivity index (χ2v) is 6.46. The number of nitrogens with one attached hydrogen (secondary N) is 1. The van der Waals surface area contributed by atoms with Crippen molar-refractivity contribution in [3.05, 3.63) is 47.7 Å². The molecule has 1 aromatic carbocycles. The Morgan fingerprint density at radius 2 is 1.96 bits per heavy atom. The lowest BCUT2D eigenvalue weighted by molar-refractivity contribution is 0.0953. The maximum absolute atomic E-state index is 12.4. The fraction of sp³-hybridized carbons (Fsp3) is 0.400. The number of rotatable bonds is 7. The molecule has 1 aromatic heterocycles. The van der Waals surface area contributed by atoms with Crippen LogP contribution in [0.15, 0.2) is 36.5 Å². The molecule has 3 rings (SSSR count). The minimum atomic E-state index is -0.0823. The van der Waals surface area contributed by atoms with E-state index in [1.807, 2.05) is 31.1 Å². The van der Waals surface area contributed by atoms with Gasteiger partial charge in [0, 0.05) is 26.8 Å². The zero-order valence-corrected chi connectivity index (χ0v) is 15.3. The number of nitrogens with zero attached hydrogens (tertiary/aromatic N) is 2. The number of aromatic nitrogens is 1. The van der Waals surface area contributed by atoms with Crippen LogP contribution in [0.1, 0.15) is 28.8 Å². The zero-order chi connectivity index (χ0) is 18.4. The highest BCUT2D eigenvalue weighted by molar-refractivity contribution is 5.98. The Bertz CT molecular complexity index is 762. The molecule has 1 amide bonds. The van der Waals surface area contributed by atoms with Crippen molar-refractivity contribution in [2.24, 2.45) is 0 Å². The molecule has 0 spiro atoms. The third-order valence-electron chi connectivity index (χ3n) is 4.24. The first kappa shape index (κ1) is 18.0. The zero-order valence-electron chi connectivity index (χ0n) is 15.3. The molecule has 138 valence electrons. The van der Waals surface area contributed by atoms with Gasteiger partial charge in [-0.2, -0.15) is 0 Å². The van der Waals surface area contributed by atoms with Gasteiger partial charge in [-0.15, -0.1) is 0 Å². The summed E-state index contributed by atoms with van der Waals surface area (Å²) < 4.78 is 11.1. The van der Waals surface area contributed by atoms with Crippen LogP contribution in [-0.2, 0) is 6.42 Å². The van der Waals surface area contributed by atoms with Crippen LogP contribution >= 0.6 is 0 Å². The van der Waals surface area contributed by atoms with Gasteiger partial charge in [0.25, 0.3) is 5.91 Å². The first-order valence-electron chi connectivity index (χ1n) is 8.94. The van der Waals surface area contributed by atoms with Crippen molar-refractivity contribution in [3.8, 4) is 11.5 Å². The van der Waals surface area contributed by atoms with Crippen molar-refractivity contribution < 1.29 is 14.3 Å². The molecule has 2 aromatic rings. The van der Waals surface area contributed by atoms with Gasteiger partial charge in [0.05, 0.1) is 5.56 Å².